The predicted molar refractivity (Wildman–Crippen MR) is 97.5 cm³/mol. The van der Waals surface area contributed by atoms with Crippen LogP contribution in [0, 0.1) is 5.92 Å². The molecule has 2 aromatic carbocycles. The molecular formula is C20H18N2O5. The Hall–Kier alpha value is -3.35. The first-order valence-electron chi connectivity index (χ1n) is 8.60. The van der Waals surface area contributed by atoms with E-state index in [0.717, 1.165) is 0 Å². The van der Waals surface area contributed by atoms with Gasteiger partial charge < -0.3 is 19.6 Å². The zero-order chi connectivity index (χ0) is 19.0. The van der Waals surface area contributed by atoms with Crippen molar-refractivity contribution < 1.29 is 23.9 Å². The number of ether oxygens (including phenoxy) is 2. The fourth-order valence-corrected chi connectivity index (χ4v) is 3.53. The van der Waals surface area contributed by atoms with Gasteiger partial charge in [0.2, 0.25) is 0 Å². The molecule has 2 aliphatic rings. The molecule has 0 aliphatic carbocycles. The smallest absolute Gasteiger partial charge is 0.320 e. The standard InChI is InChI=1S/C20H18N2O5/c1-3-26-18(23)16-17(12-8-10-13(25-2)11-9-12)22-27-20(16)14-6-4-5-7-15(14)21-19(20)24/h4-11,16H,3H2,1-2H3,(H,21,24)/t16-,20+/m0/s1. The van der Waals surface area contributed by atoms with Gasteiger partial charge in [-0.05, 0) is 37.3 Å². The number of oxime groups is 1. The van der Waals surface area contributed by atoms with E-state index in [4.69, 9.17) is 14.3 Å². The van der Waals surface area contributed by atoms with Crippen molar-refractivity contribution >= 4 is 23.3 Å². The summed E-state index contributed by atoms with van der Waals surface area (Å²) in [6.45, 7) is 1.90. The average Bonchev–Trinajstić information content (AvgIpc) is 3.22. The van der Waals surface area contributed by atoms with Crippen molar-refractivity contribution in [3.05, 3.63) is 59.7 Å². The molecule has 2 aromatic rings. The van der Waals surface area contributed by atoms with Gasteiger partial charge in [0.1, 0.15) is 11.5 Å². The van der Waals surface area contributed by atoms with Gasteiger partial charge in [-0.25, -0.2) is 0 Å². The number of hydrogen-bond acceptors (Lipinski definition) is 6. The molecule has 7 nitrogen and oxygen atoms in total. The van der Waals surface area contributed by atoms with Crippen molar-refractivity contribution in [2.75, 3.05) is 19.0 Å². The van der Waals surface area contributed by atoms with Gasteiger partial charge in [-0.1, -0.05) is 23.4 Å². The van der Waals surface area contributed by atoms with Gasteiger partial charge in [0.15, 0.2) is 5.92 Å². The number of rotatable bonds is 4. The highest BCUT2D eigenvalue weighted by atomic mass is 16.7. The number of carbonyl (C=O) groups is 2. The molecule has 2 heterocycles. The van der Waals surface area contributed by atoms with E-state index in [9.17, 15) is 9.59 Å². The van der Waals surface area contributed by atoms with Crippen molar-refractivity contribution in [2.24, 2.45) is 11.1 Å². The molecule has 7 heteroatoms. The largest absolute Gasteiger partial charge is 0.497 e. The molecule has 0 saturated carbocycles. The highest BCUT2D eigenvalue weighted by Gasteiger charge is 2.64. The molecule has 0 unspecified atom stereocenters. The molecule has 2 aliphatic heterocycles. The van der Waals surface area contributed by atoms with Gasteiger partial charge in [0.25, 0.3) is 11.5 Å². The Morgan fingerprint density at radius 1 is 1.22 bits per heavy atom. The fourth-order valence-electron chi connectivity index (χ4n) is 3.53. The number of hydrogen-bond donors (Lipinski definition) is 1. The molecule has 0 fully saturated rings. The van der Waals surface area contributed by atoms with Gasteiger partial charge in [-0.3, -0.25) is 9.59 Å². The summed E-state index contributed by atoms with van der Waals surface area (Å²) >= 11 is 0. The average molecular weight is 366 g/mol. The van der Waals surface area contributed by atoms with Gasteiger partial charge in [0.05, 0.1) is 13.7 Å². The van der Waals surface area contributed by atoms with Crippen LogP contribution in [0.15, 0.2) is 53.7 Å². The number of benzene rings is 2. The van der Waals surface area contributed by atoms with Gasteiger partial charge in [-0.2, -0.15) is 0 Å². The monoisotopic (exact) mass is 366 g/mol. The van der Waals surface area contributed by atoms with E-state index < -0.39 is 23.4 Å². The number of nitrogens with zero attached hydrogens (tertiary/aromatic N) is 1. The third-order valence-corrected chi connectivity index (χ3v) is 4.79. The minimum absolute atomic E-state index is 0.185. The van der Waals surface area contributed by atoms with Gasteiger partial charge >= 0.3 is 5.97 Å². The molecule has 1 N–H and O–H groups in total. The van der Waals surface area contributed by atoms with E-state index >= 15 is 0 Å². The van der Waals surface area contributed by atoms with Crippen LogP contribution in [0.4, 0.5) is 5.69 Å². The van der Waals surface area contributed by atoms with Crippen molar-refractivity contribution in [3.63, 3.8) is 0 Å². The summed E-state index contributed by atoms with van der Waals surface area (Å²) < 4.78 is 10.4. The molecule has 27 heavy (non-hydrogen) atoms. The normalized spacial score (nSPS) is 22.7. The molecule has 2 atom stereocenters. The highest BCUT2D eigenvalue weighted by molar-refractivity contribution is 6.20. The minimum Gasteiger partial charge on any atom is -0.497 e. The van der Waals surface area contributed by atoms with Crippen molar-refractivity contribution in [1.82, 2.24) is 0 Å². The van der Waals surface area contributed by atoms with Gasteiger partial charge in [-0.15, -0.1) is 0 Å². The van der Waals surface area contributed by atoms with E-state index in [1.165, 1.54) is 0 Å². The summed E-state index contributed by atoms with van der Waals surface area (Å²) in [7, 11) is 1.57. The second-order valence-electron chi connectivity index (χ2n) is 6.22. The first-order chi connectivity index (χ1) is 13.1. The Morgan fingerprint density at radius 3 is 2.67 bits per heavy atom. The number of esters is 1. The van der Waals surface area contributed by atoms with Crippen LogP contribution in [-0.2, 0) is 24.8 Å². The zero-order valence-corrected chi connectivity index (χ0v) is 14.9. The number of carbonyl (C=O) groups excluding carboxylic acids is 2. The molecule has 1 amide bonds. The van der Waals surface area contributed by atoms with Crippen LogP contribution in [-0.4, -0.2) is 31.3 Å². The van der Waals surface area contributed by atoms with E-state index in [1.807, 2.05) is 0 Å². The summed E-state index contributed by atoms with van der Waals surface area (Å²) in [4.78, 5) is 31.5. The Balaban J connectivity index is 1.83. The first kappa shape index (κ1) is 17.1. The molecule has 1 spiro atoms. The summed E-state index contributed by atoms with van der Waals surface area (Å²) in [5, 5.41) is 6.93. The number of amides is 1. The lowest BCUT2D eigenvalue weighted by molar-refractivity contribution is -0.161. The zero-order valence-electron chi connectivity index (χ0n) is 14.9. The summed E-state index contributed by atoms with van der Waals surface area (Å²) in [6, 6.07) is 14.2. The van der Waals surface area contributed by atoms with E-state index in [2.05, 4.69) is 10.5 Å². The van der Waals surface area contributed by atoms with Gasteiger partial charge in [0, 0.05) is 16.8 Å². The van der Waals surface area contributed by atoms with Crippen LogP contribution >= 0.6 is 0 Å². The quantitative estimate of drug-likeness (QED) is 0.840. The molecule has 138 valence electrons. The molecular weight excluding hydrogens is 348 g/mol. The molecule has 0 radical (unpaired) electrons. The van der Waals surface area contributed by atoms with E-state index in [-0.39, 0.29) is 6.61 Å². The molecule has 4 rings (SSSR count). The lowest BCUT2D eigenvalue weighted by atomic mass is 9.78. The Labute approximate surface area is 155 Å². The lowest BCUT2D eigenvalue weighted by Crippen LogP contribution is -2.47. The second kappa shape index (κ2) is 6.42. The maximum absolute atomic E-state index is 12.9. The SMILES string of the molecule is CCOC(=O)[C@@H]1C(c2ccc(OC)cc2)=NO[C@@]12C(=O)Nc1ccccc12. The van der Waals surface area contributed by atoms with Crippen LogP contribution in [0.5, 0.6) is 5.75 Å². The molecule has 0 aromatic heterocycles. The lowest BCUT2D eigenvalue weighted by Gasteiger charge is -2.25. The Morgan fingerprint density at radius 2 is 1.96 bits per heavy atom. The topological polar surface area (TPSA) is 86.2 Å². The summed E-state index contributed by atoms with van der Waals surface area (Å²) in [5.74, 6) is -1.34. The van der Waals surface area contributed by atoms with Crippen LogP contribution in [0.25, 0.3) is 0 Å². The first-order valence-corrected chi connectivity index (χ1v) is 8.60. The Bertz CT molecular complexity index is 938. The maximum Gasteiger partial charge on any atom is 0.320 e. The van der Waals surface area contributed by atoms with Crippen molar-refractivity contribution in [3.8, 4) is 5.75 Å². The predicted octanol–water partition coefficient (Wildman–Crippen LogP) is 2.46. The fraction of sp³-hybridized carbons (Fsp3) is 0.250. The van der Waals surface area contributed by atoms with Crippen LogP contribution in [0.1, 0.15) is 18.1 Å². The third-order valence-electron chi connectivity index (χ3n) is 4.79. The van der Waals surface area contributed by atoms with Crippen molar-refractivity contribution in [1.29, 1.82) is 0 Å². The number of anilines is 1. The number of fused-ring (bicyclic) bond motifs is 2. The second-order valence-corrected chi connectivity index (χ2v) is 6.22. The summed E-state index contributed by atoms with van der Waals surface area (Å²) in [5.41, 5.74) is 0.604. The van der Waals surface area contributed by atoms with Crippen molar-refractivity contribution in [2.45, 2.75) is 12.5 Å². The Kier molecular flexibility index (Phi) is 4.07. The number of para-hydroxylation sites is 1. The highest BCUT2D eigenvalue weighted by Crippen LogP contribution is 2.49. The maximum atomic E-state index is 12.9. The number of methoxy groups -OCH3 is 1. The van der Waals surface area contributed by atoms with Crippen LogP contribution in [0.2, 0.25) is 0 Å². The number of nitrogens with one attached hydrogen (secondary N) is 1. The minimum atomic E-state index is -1.57. The molecule has 0 bridgehead atoms. The van der Waals surface area contributed by atoms with Crippen LogP contribution < -0.4 is 10.1 Å². The van der Waals surface area contributed by atoms with E-state index in [1.54, 1.807) is 62.6 Å². The van der Waals surface area contributed by atoms with E-state index in [0.29, 0.717) is 28.3 Å². The van der Waals surface area contributed by atoms with Crippen LogP contribution in [0.3, 0.4) is 0 Å². The third kappa shape index (κ3) is 2.46. The molecule has 0 saturated heterocycles. The summed E-state index contributed by atoms with van der Waals surface area (Å²) in [6.07, 6.45) is 0.